The molecule has 0 bridgehead atoms. The molecule has 6 heteroatoms. The summed E-state index contributed by atoms with van der Waals surface area (Å²) in [6.07, 6.45) is 18.0. The highest BCUT2D eigenvalue weighted by Crippen LogP contribution is 2.76. The van der Waals surface area contributed by atoms with Crippen LogP contribution in [0, 0.1) is 45.3 Å². The summed E-state index contributed by atoms with van der Waals surface area (Å²) in [6.45, 7) is 29.7. The van der Waals surface area contributed by atoms with E-state index >= 15 is 0 Å². The maximum Gasteiger partial charge on any atom is 0.407 e. The highest BCUT2D eigenvalue weighted by molar-refractivity contribution is 5.90. The lowest BCUT2D eigenvalue weighted by Gasteiger charge is -2.72. The van der Waals surface area contributed by atoms with Gasteiger partial charge >= 0.3 is 12.1 Å². The van der Waals surface area contributed by atoms with E-state index in [-0.39, 0.29) is 28.4 Å². The molecule has 5 aliphatic carbocycles. The fourth-order valence-corrected chi connectivity index (χ4v) is 12.8. The number of esters is 1. The van der Waals surface area contributed by atoms with E-state index < -0.39 is 5.60 Å². The first kappa shape index (κ1) is 43.1. The van der Waals surface area contributed by atoms with Crippen LogP contribution in [0.15, 0.2) is 43.0 Å². The van der Waals surface area contributed by atoms with Crippen molar-refractivity contribution in [3.8, 4) is 0 Å². The Hall–Kier alpha value is -2.60. The smallest absolute Gasteiger partial charge is 0.407 e. The van der Waals surface area contributed by atoms with Gasteiger partial charge in [0.15, 0.2) is 0 Å². The Bertz CT molecular complexity index is 1460. The number of carbonyl (C=O) groups excluding carboxylic acids is 2. The molecule has 2 N–H and O–H groups in total. The molecule has 53 heavy (non-hydrogen) atoms. The van der Waals surface area contributed by atoms with E-state index in [0.29, 0.717) is 28.9 Å². The Kier molecular flexibility index (Phi) is 13.5. The first-order valence-electron chi connectivity index (χ1n) is 21.1. The molecule has 0 spiro atoms. The van der Waals surface area contributed by atoms with E-state index in [2.05, 4.69) is 70.0 Å². The summed E-state index contributed by atoms with van der Waals surface area (Å²) >= 11 is 0. The Balaban J connectivity index is 0.00000119. The molecule has 8 atom stereocenters. The first-order valence-corrected chi connectivity index (χ1v) is 21.1. The topological polar surface area (TPSA) is 76.7 Å². The van der Waals surface area contributed by atoms with Crippen LogP contribution >= 0.6 is 0 Å². The molecule has 0 radical (unpaired) electrons. The number of hydrogen-bond acceptors (Lipinski definition) is 5. The number of benzene rings is 1. The average Bonchev–Trinajstić information content (AvgIpc) is 3.52. The van der Waals surface area contributed by atoms with Gasteiger partial charge in [-0.3, -0.25) is 0 Å². The van der Waals surface area contributed by atoms with Crippen LogP contribution in [-0.2, 0) is 9.47 Å². The summed E-state index contributed by atoms with van der Waals surface area (Å²) in [6, 6.07) is 8.11. The number of nitrogens with one attached hydrogen (secondary N) is 2. The van der Waals surface area contributed by atoms with E-state index in [9.17, 15) is 9.59 Å². The van der Waals surface area contributed by atoms with Gasteiger partial charge in [-0.2, -0.15) is 0 Å². The molecule has 5 aliphatic rings. The number of hydrogen-bond donors (Lipinski definition) is 2. The van der Waals surface area contributed by atoms with Crippen LogP contribution in [0.1, 0.15) is 163 Å². The minimum Gasteiger partial charge on any atom is -0.465 e. The number of alkyl carbamates (subject to hydrolysis) is 1. The van der Waals surface area contributed by atoms with Crippen LogP contribution < -0.4 is 10.6 Å². The third-order valence-corrected chi connectivity index (χ3v) is 15.1. The predicted octanol–water partition coefficient (Wildman–Crippen LogP) is 11.8. The van der Waals surface area contributed by atoms with Crippen LogP contribution in [0.4, 0.5) is 4.79 Å². The number of methoxy groups -OCH3 is 1. The molecule has 6 nitrogen and oxygen atoms in total. The van der Waals surface area contributed by atoms with E-state index in [4.69, 9.17) is 9.47 Å². The van der Waals surface area contributed by atoms with Crippen molar-refractivity contribution < 1.29 is 19.1 Å². The summed E-state index contributed by atoms with van der Waals surface area (Å²) in [5.74, 6) is 2.61. The second-order valence-electron chi connectivity index (χ2n) is 19.1. The normalized spacial score (nSPS) is 35.1. The molecule has 4 saturated carbocycles. The standard InChI is InChI=1S/C42H64N2O4.C3H6.C2H6/c1-37(2,3)48-36(46)43-26-11-27-44-42-21-10-12-32(42)31-17-18-34-39(6)22-19-30(28-13-15-29(16-14-28)35(45)47-9)38(4,5)33(39)20-23-41(34,8)40(31,7)24-25-42;1-3-2;1-2/h13-16,19,31-34,44H,10-12,17-18,20-27H2,1-9H3,(H,43,46);3H,1H2,2H3;1-2H3/t31?,32?,33?,34?,39?,40-,41?,42?;;/m1../s1. The summed E-state index contributed by atoms with van der Waals surface area (Å²) < 4.78 is 10.4. The summed E-state index contributed by atoms with van der Waals surface area (Å²) in [4.78, 5) is 24.2. The lowest BCUT2D eigenvalue weighted by molar-refractivity contribution is -0.216. The maximum absolute atomic E-state index is 12.1. The Morgan fingerprint density at radius 1 is 0.868 bits per heavy atom. The van der Waals surface area contributed by atoms with Gasteiger partial charge < -0.3 is 20.1 Å². The molecule has 298 valence electrons. The zero-order valence-corrected chi connectivity index (χ0v) is 35.8. The lowest BCUT2D eigenvalue weighted by atomic mass is 9.33. The van der Waals surface area contributed by atoms with E-state index in [0.717, 1.165) is 37.1 Å². The van der Waals surface area contributed by atoms with Gasteiger partial charge in [-0.25, -0.2) is 9.59 Å². The molecule has 1 amide bonds. The van der Waals surface area contributed by atoms with Crippen molar-refractivity contribution in [1.29, 1.82) is 0 Å². The summed E-state index contributed by atoms with van der Waals surface area (Å²) in [5.41, 5.74) is 4.15. The summed E-state index contributed by atoms with van der Waals surface area (Å²) in [5, 5.41) is 7.08. The molecular weight excluding hydrogens is 657 g/mol. The molecule has 4 fully saturated rings. The maximum atomic E-state index is 12.1. The molecule has 6 rings (SSSR count). The highest BCUT2D eigenvalue weighted by atomic mass is 16.6. The van der Waals surface area contributed by atoms with E-state index in [1.54, 1.807) is 6.08 Å². The van der Waals surface area contributed by atoms with Crippen molar-refractivity contribution >= 4 is 17.6 Å². The minimum absolute atomic E-state index is 0.0638. The monoisotopic (exact) mass is 733 g/mol. The summed E-state index contributed by atoms with van der Waals surface area (Å²) in [7, 11) is 1.44. The molecule has 0 aliphatic heterocycles. The van der Waals surface area contributed by atoms with Gasteiger partial charge in [0.1, 0.15) is 5.60 Å². The lowest BCUT2D eigenvalue weighted by Crippen LogP contribution is -2.67. The SMILES string of the molecule is C=CC.CC.COC(=O)c1ccc(C2=CCC3(C)C(CCC4(C)C3CCC3C5CCCC5(NCCCNC(=O)OC(C)(C)C)CC[C@]34C)C2(C)C)cc1. The third kappa shape index (κ3) is 8.05. The number of amides is 1. The van der Waals surface area contributed by atoms with Crippen LogP contribution in [0.25, 0.3) is 5.57 Å². The van der Waals surface area contributed by atoms with Crippen LogP contribution in [0.3, 0.4) is 0 Å². The number of allylic oxidation sites excluding steroid dienone is 3. The van der Waals surface area contributed by atoms with Crippen molar-refractivity contribution in [1.82, 2.24) is 10.6 Å². The second kappa shape index (κ2) is 16.6. The van der Waals surface area contributed by atoms with Crippen LogP contribution in [-0.4, -0.2) is 43.4 Å². The van der Waals surface area contributed by atoms with Gasteiger partial charge in [0.25, 0.3) is 0 Å². The third-order valence-electron chi connectivity index (χ3n) is 15.1. The number of rotatable bonds is 7. The molecule has 1 aromatic rings. The van der Waals surface area contributed by atoms with Gasteiger partial charge in [-0.15, -0.1) is 6.58 Å². The predicted molar refractivity (Wildman–Crippen MR) is 221 cm³/mol. The fourth-order valence-electron chi connectivity index (χ4n) is 12.8. The van der Waals surface area contributed by atoms with Crippen molar-refractivity contribution in [2.45, 2.75) is 158 Å². The fraction of sp³-hybridized carbons (Fsp3) is 0.745. The van der Waals surface area contributed by atoms with Crippen molar-refractivity contribution in [2.24, 2.45) is 45.3 Å². The number of ether oxygens (including phenoxy) is 2. The molecule has 7 unspecified atom stereocenters. The zero-order valence-electron chi connectivity index (χ0n) is 35.8. The quantitative estimate of drug-likeness (QED) is 0.166. The molecule has 0 heterocycles. The van der Waals surface area contributed by atoms with Crippen LogP contribution in [0.5, 0.6) is 0 Å². The zero-order chi connectivity index (χ0) is 39.5. The van der Waals surface area contributed by atoms with Crippen molar-refractivity contribution in [3.63, 3.8) is 0 Å². The van der Waals surface area contributed by atoms with E-state index in [1.165, 1.54) is 76.0 Å². The van der Waals surface area contributed by atoms with Gasteiger partial charge in [-0.05, 0) is 167 Å². The van der Waals surface area contributed by atoms with Gasteiger partial charge in [-0.1, -0.05) is 79.2 Å². The van der Waals surface area contributed by atoms with Gasteiger partial charge in [0, 0.05) is 12.1 Å². The minimum atomic E-state index is -0.465. The van der Waals surface area contributed by atoms with Gasteiger partial charge in [0.05, 0.1) is 12.7 Å². The second-order valence-corrected chi connectivity index (χ2v) is 19.1. The Morgan fingerprint density at radius 3 is 2.15 bits per heavy atom. The Morgan fingerprint density at radius 2 is 1.53 bits per heavy atom. The molecule has 0 saturated heterocycles. The number of fused-ring (bicyclic) bond motifs is 7. The first-order chi connectivity index (χ1) is 24.9. The van der Waals surface area contributed by atoms with E-state index in [1.807, 2.05) is 53.7 Å². The van der Waals surface area contributed by atoms with Crippen molar-refractivity contribution in [3.05, 3.63) is 54.1 Å². The molecular formula is C47H76N2O4. The van der Waals surface area contributed by atoms with Crippen molar-refractivity contribution in [2.75, 3.05) is 20.2 Å². The number of carbonyl (C=O) groups is 2. The highest BCUT2D eigenvalue weighted by Gasteiger charge is 2.69. The largest absolute Gasteiger partial charge is 0.465 e. The van der Waals surface area contributed by atoms with Gasteiger partial charge in [0.2, 0.25) is 0 Å². The Labute approximate surface area is 324 Å². The molecule has 0 aromatic heterocycles. The average molecular weight is 733 g/mol. The molecule has 1 aromatic carbocycles. The van der Waals surface area contributed by atoms with Crippen LogP contribution in [0.2, 0.25) is 0 Å².